The van der Waals surface area contributed by atoms with Crippen LogP contribution in [0, 0.1) is 0 Å². The zero-order valence-corrected chi connectivity index (χ0v) is 9.00. The Kier molecular flexibility index (Phi) is 2.22. The van der Waals surface area contributed by atoms with Crippen molar-refractivity contribution in [1.29, 1.82) is 0 Å². The van der Waals surface area contributed by atoms with Gasteiger partial charge >= 0.3 is 0 Å². The fourth-order valence-corrected chi connectivity index (χ4v) is 1.80. The summed E-state index contributed by atoms with van der Waals surface area (Å²) in [5.41, 5.74) is 1.68. The van der Waals surface area contributed by atoms with Crippen molar-refractivity contribution >= 4 is 10.9 Å². The van der Waals surface area contributed by atoms with Crippen LogP contribution in [0.4, 0.5) is 0 Å². The van der Waals surface area contributed by atoms with Gasteiger partial charge in [-0.1, -0.05) is 30.3 Å². The molecule has 5 nitrogen and oxygen atoms in total. The summed E-state index contributed by atoms with van der Waals surface area (Å²) in [6.07, 6.45) is 3.19. The smallest absolute Gasteiger partial charge is 0.267 e. The Morgan fingerprint density at radius 1 is 1.18 bits per heavy atom. The van der Waals surface area contributed by atoms with Crippen molar-refractivity contribution in [3.63, 3.8) is 0 Å². The van der Waals surface area contributed by atoms with Crippen LogP contribution in [0.25, 0.3) is 10.9 Å². The third kappa shape index (κ3) is 1.71. The van der Waals surface area contributed by atoms with Gasteiger partial charge in [0.15, 0.2) is 0 Å². The highest BCUT2D eigenvalue weighted by Crippen LogP contribution is 2.09. The quantitative estimate of drug-likeness (QED) is 0.713. The summed E-state index contributed by atoms with van der Waals surface area (Å²) < 4.78 is 1.77. The van der Waals surface area contributed by atoms with E-state index in [1.165, 1.54) is 0 Å². The second-order valence-electron chi connectivity index (χ2n) is 3.79. The molecule has 0 saturated carbocycles. The lowest BCUT2D eigenvalue weighted by atomic mass is 10.2. The predicted octanol–water partition coefficient (Wildman–Crippen LogP) is 1.17. The normalized spacial score (nSPS) is 10.8. The van der Waals surface area contributed by atoms with Crippen molar-refractivity contribution in [2.75, 3.05) is 0 Å². The minimum Gasteiger partial charge on any atom is -0.267 e. The first-order valence-electron chi connectivity index (χ1n) is 5.28. The Balaban J connectivity index is 2.08. The van der Waals surface area contributed by atoms with E-state index in [1.807, 2.05) is 30.3 Å². The van der Waals surface area contributed by atoms with Crippen molar-refractivity contribution in [3.8, 4) is 0 Å². The molecule has 0 bridgehead atoms. The van der Waals surface area contributed by atoms with Crippen molar-refractivity contribution in [3.05, 3.63) is 58.6 Å². The van der Waals surface area contributed by atoms with E-state index in [1.54, 1.807) is 17.1 Å². The van der Waals surface area contributed by atoms with Crippen molar-refractivity contribution in [1.82, 2.24) is 20.0 Å². The van der Waals surface area contributed by atoms with Gasteiger partial charge in [-0.2, -0.15) is 10.2 Å². The molecule has 0 fully saturated rings. The lowest BCUT2D eigenvalue weighted by molar-refractivity contribution is 0.710. The Hall–Kier alpha value is -2.43. The number of benzene rings is 1. The average Bonchev–Trinajstić information content (AvgIpc) is 2.76. The number of hydrogen-bond acceptors (Lipinski definition) is 3. The molecule has 0 aliphatic carbocycles. The van der Waals surface area contributed by atoms with Gasteiger partial charge in [0.1, 0.15) is 0 Å². The molecule has 3 rings (SSSR count). The van der Waals surface area contributed by atoms with E-state index in [4.69, 9.17) is 0 Å². The number of hydrogen-bond donors (Lipinski definition) is 1. The number of aromatic amines is 1. The first kappa shape index (κ1) is 9.77. The Morgan fingerprint density at radius 2 is 2.00 bits per heavy atom. The molecule has 0 spiro atoms. The van der Waals surface area contributed by atoms with Crippen LogP contribution in [0.3, 0.4) is 0 Å². The zero-order valence-electron chi connectivity index (χ0n) is 9.00. The molecular weight excluding hydrogens is 216 g/mol. The van der Waals surface area contributed by atoms with Gasteiger partial charge in [-0.05, 0) is 5.56 Å². The second kappa shape index (κ2) is 3.86. The second-order valence-corrected chi connectivity index (χ2v) is 3.79. The molecule has 17 heavy (non-hydrogen) atoms. The Labute approximate surface area is 96.7 Å². The van der Waals surface area contributed by atoms with Crippen LogP contribution in [0.5, 0.6) is 0 Å². The monoisotopic (exact) mass is 226 g/mol. The largest absolute Gasteiger partial charge is 0.275 e. The van der Waals surface area contributed by atoms with Gasteiger partial charge in [0.05, 0.1) is 29.8 Å². The van der Waals surface area contributed by atoms with E-state index < -0.39 is 0 Å². The molecule has 0 saturated heterocycles. The third-order valence-electron chi connectivity index (χ3n) is 2.65. The van der Waals surface area contributed by atoms with E-state index in [0.29, 0.717) is 11.9 Å². The summed E-state index contributed by atoms with van der Waals surface area (Å²) in [5.74, 6) is 0. The first-order valence-corrected chi connectivity index (χ1v) is 5.28. The lowest BCUT2D eigenvalue weighted by Gasteiger charge is -2.02. The molecular formula is C12H10N4O. The maximum absolute atomic E-state index is 11.5. The standard InChI is InChI=1S/C12H10N4O/c17-12-10-6-14-16(11(10)7-13-15-12)8-9-4-2-1-3-5-9/h1-7H,8H2,(H,15,17). The number of fused-ring (bicyclic) bond motifs is 1. The van der Waals surface area contributed by atoms with E-state index in [9.17, 15) is 4.79 Å². The molecule has 0 aliphatic heterocycles. The van der Waals surface area contributed by atoms with Gasteiger partial charge in [0.25, 0.3) is 5.56 Å². The van der Waals surface area contributed by atoms with E-state index >= 15 is 0 Å². The molecule has 0 radical (unpaired) electrons. The first-order chi connectivity index (χ1) is 8.34. The summed E-state index contributed by atoms with van der Waals surface area (Å²) in [6.45, 7) is 0.634. The van der Waals surface area contributed by atoms with Crippen molar-refractivity contribution in [2.45, 2.75) is 6.54 Å². The number of aromatic nitrogens is 4. The highest BCUT2D eigenvalue weighted by atomic mass is 16.1. The van der Waals surface area contributed by atoms with E-state index in [0.717, 1.165) is 11.1 Å². The maximum Gasteiger partial charge on any atom is 0.275 e. The molecule has 1 N–H and O–H groups in total. The Morgan fingerprint density at radius 3 is 2.82 bits per heavy atom. The van der Waals surface area contributed by atoms with Gasteiger partial charge < -0.3 is 0 Å². The molecule has 84 valence electrons. The maximum atomic E-state index is 11.5. The highest BCUT2D eigenvalue weighted by molar-refractivity contribution is 5.76. The van der Waals surface area contributed by atoms with E-state index in [-0.39, 0.29) is 5.56 Å². The minimum absolute atomic E-state index is 0.207. The number of nitrogens with one attached hydrogen (secondary N) is 1. The van der Waals surface area contributed by atoms with Gasteiger partial charge in [-0.25, -0.2) is 5.10 Å². The highest BCUT2D eigenvalue weighted by Gasteiger charge is 2.06. The van der Waals surface area contributed by atoms with Crippen molar-refractivity contribution in [2.24, 2.45) is 0 Å². The number of nitrogens with zero attached hydrogens (tertiary/aromatic N) is 3. The SMILES string of the molecule is O=c1[nH]ncc2c1cnn2Cc1ccccc1. The molecule has 1 aromatic carbocycles. The van der Waals surface area contributed by atoms with Crippen molar-refractivity contribution < 1.29 is 0 Å². The van der Waals surface area contributed by atoms with Gasteiger partial charge in [0, 0.05) is 0 Å². The summed E-state index contributed by atoms with van der Waals surface area (Å²) >= 11 is 0. The van der Waals surface area contributed by atoms with Crippen LogP contribution in [0.2, 0.25) is 0 Å². The van der Waals surface area contributed by atoms with E-state index in [2.05, 4.69) is 15.3 Å². The Bertz CT molecular complexity index is 699. The lowest BCUT2D eigenvalue weighted by Crippen LogP contribution is -2.08. The fraction of sp³-hybridized carbons (Fsp3) is 0.0833. The molecule has 0 atom stereocenters. The molecule has 0 unspecified atom stereocenters. The molecule has 5 heteroatoms. The molecule has 2 aromatic heterocycles. The van der Waals surface area contributed by atoms with Crippen LogP contribution in [-0.2, 0) is 6.54 Å². The minimum atomic E-state index is -0.207. The molecule has 3 aromatic rings. The topological polar surface area (TPSA) is 63.6 Å². The molecule has 0 aliphatic rings. The summed E-state index contributed by atoms with van der Waals surface area (Å²) in [5, 5.41) is 11.0. The zero-order chi connectivity index (χ0) is 11.7. The van der Waals surface area contributed by atoms with Gasteiger partial charge in [-0.3, -0.25) is 9.48 Å². The van der Waals surface area contributed by atoms with Gasteiger partial charge in [-0.15, -0.1) is 0 Å². The van der Waals surface area contributed by atoms with Crippen LogP contribution in [0.15, 0.2) is 47.5 Å². The van der Waals surface area contributed by atoms with Crippen LogP contribution in [0.1, 0.15) is 5.56 Å². The number of rotatable bonds is 2. The predicted molar refractivity (Wildman–Crippen MR) is 63.7 cm³/mol. The third-order valence-corrected chi connectivity index (χ3v) is 2.65. The van der Waals surface area contributed by atoms with Crippen LogP contribution < -0.4 is 5.56 Å². The van der Waals surface area contributed by atoms with Crippen LogP contribution in [-0.4, -0.2) is 20.0 Å². The van der Waals surface area contributed by atoms with Crippen LogP contribution >= 0.6 is 0 Å². The average molecular weight is 226 g/mol. The summed E-state index contributed by atoms with van der Waals surface area (Å²) in [4.78, 5) is 11.5. The van der Waals surface area contributed by atoms with Gasteiger partial charge in [0.2, 0.25) is 0 Å². The number of H-pyrrole nitrogens is 1. The molecule has 0 amide bonds. The molecule has 2 heterocycles. The summed E-state index contributed by atoms with van der Waals surface area (Å²) in [7, 11) is 0. The fourth-order valence-electron chi connectivity index (χ4n) is 1.80. The summed E-state index contributed by atoms with van der Waals surface area (Å²) in [6, 6.07) is 9.97.